The zero-order chi connectivity index (χ0) is 24.4. The number of nitrogens with one attached hydrogen (secondary N) is 2. The van der Waals surface area contributed by atoms with Crippen molar-refractivity contribution in [2.75, 3.05) is 18.2 Å². The third-order valence-corrected chi connectivity index (χ3v) is 14.1. The van der Waals surface area contributed by atoms with Crippen molar-refractivity contribution >= 4 is 37.6 Å². The molecule has 1 aliphatic carbocycles. The number of rotatable bonds is 9. The van der Waals surface area contributed by atoms with Crippen molar-refractivity contribution in [1.82, 2.24) is 15.3 Å². The summed E-state index contributed by atoms with van der Waals surface area (Å²) in [6, 6.07) is -0.630. The molecule has 7 nitrogen and oxygen atoms in total. The van der Waals surface area contributed by atoms with Crippen LogP contribution in [0.25, 0.3) is 0 Å². The fourth-order valence-corrected chi connectivity index (χ4v) is 11.8. The van der Waals surface area contributed by atoms with Gasteiger partial charge in [0.15, 0.2) is 19.3 Å². The minimum atomic E-state index is -2.04. The lowest BCUT2D eigenvalue weighted by Crippen LogP contribution is -2.58. The van der Waals surface area contributed by atoms with Gasteiger partial charge in [0.05, 0.1) is 17.7 Å². The molecule has 0 bridgehead atoms. The molecule has 0 saturated heterocycles. The SMILES string of the molecule is CSc1ncc2c(n1)NC(C(=O)NC1(CO[Si](C(C)C)(C(C)C)C(C)C)CCCC1)CC2=O. The monoisotopic (exact) mass is 492 g/mol. The van der Waals surface area contributed by atoms with Gasteiger partial charge in [-0.25, -0.2) is 9.97 Å². The summed E-state index contributed by atoms with van der Waals surface area (Å²) in [7, 11) is -2.04. The first-order valence-corrected chi connectivity index (χ1v) is 15.6. The number of ketones is 1. The van der Waals surface area contributed by atoms with Crippen LogP contribution in [0.4, 0.5) is 5.82 Å². The molecule has 1 fully saturated rings. The minimum absolute atomic E-state index is 0.0980. The summed E-state index contributed by atoms with van der Waals surface area (Å²) in [6.07, 6.45) is 7.52. The van der Waals surface area contributed by atoms with Crippen LogP contribution in [-0.2, 0) is 9.22 Å². The summed E-state index contributed by atoms with van der Waals surface area (Å²) in [5.74, 6) is 0.210. The van der Waals surface area contributed by atoms with Crippen LogP contribution in [0.1, 0.15) is 84.0 Å². The van der Waals surface area contributed by atoms with Crippen LogP contribution in [-0.4, -0.2) is 54.4 Å². The number of aromatic nitrogens is 2. The summed E-state index contributed by atoms with van der Waals surface area (Å²) in [5, 5.41) is 7.09. The van der Waals surface area contributed by atoms with Crippen LogP contribution in [0.5, 0.6) is 0 Å². The molecular weight excluding hydrogens is 452 g/mol. The standard InChI is InChI=1S/C24H40N4O3SSi/c1-15(2)33(16(3)4,17(5)6)31-14-24(10-8-9-11-24)28-22(30)19-12-20(29)18-13-25-23(32-7)27-21(18)26-19/h13,15-17,19H,8-12,14H2,1-7H3,(H,28,30)(H,25,26,27). The summed E-state index contributed by atoms with van der Waals surface area (Å²) in [4.78, 5) is 34.7. The average molecular weight is 493 g/mol. The van der Waals surface area contributed by atoms with Crippen LogP contribution >= 0.6 is 11.8 Å². The zero-order valence-electron chi connectivity index (χ0n) is 21.2. The number of hydrogen-bond donors (Lipinski definition) is 2. The Bertz CT molecular complexity index is 849. The molecule has 2 N–H and O–H groups in total. The van der Waals surface area contributed by atoms with Crippen molar-refractivity contribution in [3.8, 4) is 0 Å². The second-order valence-corrected chi connectivity index (χ2v) is 16.8. The Kier molecular flexibility index (Phi) is 8.27. The van der Waals surface area contributed by atoms with E-state index in [9.17, 15) is 9.59 Å². The Hall–Kier alpha value is -1.45. The van der Waals surface area contributed by atoms with E-state index in [0.717, 1.165) is 25.7 Å². The first-order valence-electron chi connectivity index (χ1n) is 12.2. The third kappa shape index (κ3) is 5.30. The summed E-state index contributed by atoms with van der Waals surface area (Å²) in [6.45, 7) is 14.3. The lowest BCUT2D eigenvalue weighted by molar-refractivity contribution is -0.124. The van der Waals surface area contributed by atoms with Crippen molar-refractivity contribution in [1.29, 1.82) is 0 Å². The van der Waals surface area contributed by atoms with Crippen LogP contribution in [0, 0.1) is 0 Å². The van der Waals surface area contributed by atoms with Gasteiger partial charge in [0.1, 0.15) is 11.9 Å². The molecule has 33 heavy (non-hydrogen) atoms. The van der Waals surface area contributed by atoms with Gasteiger partial charge in [-0.1, -0.05) is 66.1 Å². The number of anilines is 1. The fourth-order valence-electron chi connectivity index (χ4n) is 5.92. The van der Waals surface area contributed by atoms with Crippen LogP contribution in [0.2, 0.25) is 16.6 Å². The normalized spacial score (nSPS) is 20.3. The maximum Gasteiger partial charge on any atom is 0.243 e. The number of hydrogen-bond acceptors (Lipinski definition) is 7. The highest BCUT2D eigenvalue weighted by Crippen LogP contribution is 2.44. The predicted octanol–water partition coefficient (Wildman–Crippen LogP) is 5.19. The van der Waals surface area contributed by atoms with Gasteiger partial charge >= 0.3 is 0 Å². The van der Waals surface area contributed by atoms with E-state index in [1.807, 2.05) is 6.26 Å². The van der Waals surface area contributed by atoms with Crippen molar-refractivity contribution < 1.29 is 14.0 Å². The van der Waals surface area contributed by atoms with Gasteiger partial charge in [0.25, 0.3) is 0 Å². The minimum Gasteiger partial charge on any atom is -0.414 e. The van der Waals surface area contributed by atoms with Gasteiger partial charge in [-0.15, -0.1) is 0 Å². The number of thioether (sulfide) groups is 1. The summed E-state index contributed by atoms with van der Waals surface area (Å²) >= 11 is 1.41. The molecule has 0 aromatic carbocycles. The molecule has 1 atom stereocenters. The van der Waals surface area contributed by atoms with E-state index in [0.29, 0.717) is 39.8 Å². The summed E-state index contributed by atoms with van der Waals surface area (Å²) < 4.78 is 6.91. The largest absolute Gasteiger partial charge is 0.414 e. The van der Waals surface area contributed by atoms with Crippen LogP contribution in [0.3, 0.4) is 0 Å². The molecule has 1 aromatic heterocycles. The molecule has 1 unspecified atom stereocenters. The van der Waals surface area contributed by atoms with E-state index in [-0.39, 0.29) is 23.7 Å². The molecule has 1 aliphatic heterocycles. The molecule has 9 heteroatoms. The van der Waals surface area contributed by atoms with Crippen molar-refractivity contribution in [3.05, 3.63) is 11.8 Å². The maximum atomic E-state index is 13.4. The average Bonchev–Trinajstić information content (AvgIpc) is 3.21. The van der Waals surface area contributed by atoms with Gasteiger partial charge in [0.2, 0.25) is 5.91 Å². The molecular formula is C24H40N4O3SSi. The second kappa shape index (κ2) is 10.4. The van der Waals surface area contributed by atoms with E-state index >= 15 is 0 Å². The number of Topliss-reactive ketones (excluding diaryl/α,β-unsaturated/α-hetero) is 1. The van der Waals surface area contributed by atoms with Gasteiger partial charge < -0.3 is 15.1 Å². The number of nitrogens with zero attached hydrogens (tertiary/aromatic N) is 2. The Labute approximate surface area is 203 Å². The molecule has 0 spiro atoms. The topological polar surface area (TPSA) is 93.2 Å². The highest BCUT2D eigenvalue weighted by molar-refractivity contribution is 7.98. The van der Waals surface area contributed by atoms with Gasteiger partial charge in [-0.05, 0) is 35.7 Å². The highest BCUT2D eigenvalue weighted by atomic mass is 32.2. The predicted molar refractivity (Wildman–Crippen MR) is 137 cm³/mol. The Morgan fingerprint density at radius 2 is 1.82 bits per heavy atom. The molecule has 184 valence electrons. The Morgan fingerprint density at radius 3 is 2.36 bits per heavy atom. The molecule has 0 radical (unpaired) electrons. The van der Waals surface area contributed by atoms with Crippen LogP contribution < -0.4 is 10.6 Å². The van der Waals surface area contributed by atoms with E-state index in [4.69, 9.17) is 4.43 Å². The van der Waals surface area contributed by atoms with Gasteiger partial charge in [-0.3, -0.25) is 9.59 Å². The Balaban J connectivity index is 1.76. The third-order valence-electron chi connectivity index (χ3n) is 7.52. The highest BCUT2D eigenvalue weighted by Gasteiger charge is 2.48. The molecule has 3 rings (SSSR count). The number of amides is 1. The molecule has 1 amide bonds. The molecule has 1 aromatic rings. The van der Waals surface area contributed by atoms with E-state index < -0.39 is 14.4 Å². The first-order chi connectivity index (χ1) is 15.5. The summed E-state index contributed by atoms with van der Waals surface area (Å²) in [5.41, 5.74) is 1.57. The first kappa shape index (κ1) is 26.2. The van der Waals surface area contributed by atoms with Crippen LogP contribution in [0.15, 0.2) is 11.4 Å². The molecule has 2 aliphatic rings. The fraction of sp³-hybridized carbons (Fsp3) is 0.750. The van der Waals surface area contributed by atoms with E-state index in [2.05, 4.69) is 62.1 Å². The maximum absolute atomic E-state index is 13.4. The van der Waals surface area contributed by atoms with E-state index in [1.54, 1.807) is 6.20 Å². The molecule has 1 saturated carbocycles. The second-order valence-electron chi connectivity index (χ2n) is 10.5. The van der Waals surface area contributed by atoms with Crippen molar-refractivity contribution in [2.24, 2.45) is 0 Å². The number of fused-ring (bicyclic) bond motifs is 1. The lowest BCUT2D eigenvalue weighted by Gasteiger charge is -2.45. The van der Waals surface area contributed by atoms with Crippen molar-refractivity contribution in [3.63, 3.8) is 0 Å². The Morgan fingerprint density at radius 1 is 1.21 bits per heavy atom. The van der Waals surface area contributed by atoms with Gasteiger partial charge in [0, 0.05) is 12.6 Å². The molecule has 2 heterocycles. The van der Waals surface area contributed by atoms with Crippen molar-refractivity contribution in [2.45, 2.75) is 107 Å². The lowest BCUT2D eigenvalue weighted by atomic mass is 9.95. The zero-order valence-corrected chi connectivity index (χ0v) is 23.0. The quantitative estimate of drug-likeness (QED) is 0.278. The van der Waals surface area contributed by atoms with Gasteiger partial charge in [-0.2, -0.15) is 0 Å². The number of carbonyl (C=O) groups excluding carboxylic acids is 2. The smallest absolute Gasteiger partial charge is 0.243 e. The number of carbonyl (C=O) groups is 2. The van der Waals surface area contributed by atoms with E-state index in [1.165, 1.54) is 11.8 Å².